The van der Waals surface area contributed by atoms with E-state index in [1.165, 1.54) is 0 Å². The number of para-hydroxylation sites is 2. The molecule has 0 bridgehead atoms. The number of ether oxygens (including phenoxy) is 1. The van der Waals surface area contributed by atoms with E-state index >= 15 is 0 Å². The second-order valence-corrected chi connectivity index (χ2v) is 6.90. The molecule has 5 nitrogen and oxygen atoms in total. The number of rotatable bonds is 4. The molecule has 2 atom stereocenters. The Labute approximate surface area is 158 Å². The quantitative estimate of drug-likeness (QED) is 0.767. The Morgan fingerprint density at radius 1 is 1.22 bits per heavy atom. The van der Waals surface area contributed by atoms with Gasteiger partial charge in [0.05, 0.1) is 19.1 Å². The molecule has 1 amide bonds. The van der Waals surface area contributed by atoms with Gasteiger partial charge < -0.3 is 19.4 Å². The van der Waals surface area contributed by atoms with Gasteiger partial charge in [0.15, 0.2) is 0 Å². The van der Waals surface area contributed by atoms with Crippen molar-refractivity contribution in [2.24, 2.45) is 0 Å². The van der Waals surface area contributed by atoms with E-state index in [0.717, 1.165) is 28.8 Å². The molecule has 1 aliphatic rings. The highest BCUT2D eigenvalue weighted by atomic mass is 16.5. The number of furan rings is 1. The fraction of sp³-hybridized carbons (Fsp3) is 0.318. The Balaban J connectivity index is 1.63. The highest BCUT2D eigenvalue weighted by Gasteiger charge is 2.33. The fourth-order valence-corrected chi connectivity index (χ4v) is 3.77. The minimum absolute atomic E-state index is 0.0609. The fourth-order valence-electron chi connectivity index (χ4n) is 3.77. The molecular weight excluding hydrogens is 340 g/mol. The molecule has 2 unspecified atom stereocenters. The number of hydrogen-bond donors (Lipinski definition) is 1. The number of hydrogen-bond acceptors (Lipinski definition) is 4. The van der Waals surface area contributed by atoms with Crippen LogP contribution in [-0.2, 0) is 4.79 Å². The van der Waals surface area contributed by atoms with Gasteiger partial charge in [0, 0.05) is 30.6 Å². The van der Waals surface area contributed by atoms with Crippen LogP contribution in [0, 0.1) is 0 Å². The van der Waals surface area contributed by atoms with E-state index in [1.807, 2.05) is 66.4 Å². The average molecular weight is 364 g/mol. The predicted octanol–water partition coefficient (Wildman–Crippen LogP) is 3.72. The van der Waals surface area contributed by atoms with Crippen LogP contribution in [0.2, 0.25) is 0 Å². The normalized spacial score (nSPS) is 18.4. The Morgan fingerprint density at radius 3 is 2.81 bits per heavy atom. The van der Waals surface area contributed by atoms with Gasteiger partial charge in [-0.1, -0.05) is 36.4 Å². The van der Waals surface area contributed by atoms with E-state index in [0.29, 0.717) is 18.8 Å². The van der Waals surface area contributed by atoms with Crippen molar-refractivity contribution in [3.05, 3.63) is 65.9 Å². The topological polar surface area (TPSA) is 54.7 Å². The van der Waals surface area contributed by atoms with Gasteiger partial charge in [0.1, 0.15) is 17.1 Å². The van der Waals surface area contributed by atoms with Crippen molar-refractivity contribution in [1.29, 1.82) is 0 Å². The molecule has 2 aromatic carbocycles. The first-order valence-corrected chi connectivity index (χ1v) is 9.31. The lowest BCUT2D eigenvalue weighted by atomic mass is 9.99. The Hall–Kier alpha value is -2.79. The summed E-state index contributed by atoms with van der Waals surface area (Å²) in [6.07, 6.45) is 0. The third-order valence-corrected chi connectivity index (χ3v) is 5.27. The lowest BCUT2D eigenvalue weighted by Crippen LogP contribution is -2.49. The standard InChI is InChI=1S/C22H24N2O3/c1-15(21-13-16-7-3-5-9-19(16)27-21)22(25)24-12-11-23-14-18(24)17-8-4-6-10-20(17)26-2/h3-10,13,15,18,23H,11-12,14H2,1-2H3. The second-order valence-electron chi connectivity index (χ2n) is 6.90. The Kier molecular flexibility index (Phi) is 4.86. The smallest absolute Gasteiger partial charge is 0.233 e. The highest BCUT2D eigenvalue weighted by Crippen LogP contribution is 2.33. The number of piperazine rings is 1. The van der Waals surface area contributed by atoms with Crippen LogP contribution in [-0.4, -0.2) is 37.6 Å². The highest BCUT2D eigenvalue weighted by molar-refractivity contribution is 5.86. The van der Waals surface area contributed by atoms with Gasteiger partial charge in [-0.3, -0.25) is 4.79 Å². The van der Waals surface area contributed by atoms with Gasteiger partial charge in [-0.15, -0.1) is 0 Å². The monoisotopic (exact) mass is 364 g/mol. The van der Waals surface area contributed by atoms with Crippen molar-refractivity contribution in [3.63, 3.8) is 0 Å². The molecule has 1 N–H and O–H groups in total. The zero-order chi connectivity index (χ0) is 18.8. The summed E-state index contributed by atoms with van der Waals surface area (Å²) in [6, 6.07) is 17.7. The largest absolute Gasteiger partial charge is 0.496 e. The molecule has 1 aliphatic heterocycles. The summed E-state index contributed by atoms with van der Waals surface area (Å²) in [5, 5.41) is 4.42. The van der Waals surface area contributed by atoms with Gasteiger partial charge >= 0.3 is 0 Å². The molecular formula is C22H24N2O3. The van der Waals surface area contributed by atoms with Crippen LogP contribution >= 0.6 is 0 Å². The van der Waals surface area contributed by atoms with Gasteiger partial charge in [0.2, 0.25) is 5.91 Å². The number of nitrogens with one attached hydrogen (secondary N) is 1. The SMILES string of the molecule is COc1ccccc1C1CNCCN1C(=O)C(C)c1cc2ccccc2o1. The first-order valence-electron chi connectivity index (χ1n) is 9.31. The van der Waals surface area contributed by atoms with E-state index in [4.69, 9.17) is 9.15 Å². The number of carbonyl (C=O) groups is 1. The maximum absolute atomic E-state index is 13.4. The molecule has 0 saturated carbocycles. The predicted molar refractivity (Wildman–Crippen MR) is 105 cm³/mol. The van der Waals surface area contributed by atoms with E-state index in [-0.39, 0.29) is 17.9 Å². The Bertz CT molecular complexity index is 916. The van der Waals surface area contributed by atoms with Crippen molar-refractivity contribution in [2.75, 3.05) is 26.7 Å². The van der Waals surface area contributed by atoms with Crippen molar-refractivity contribution in [2.45, 2.75) is 18.9 Å². The summed E-state index contributed by atoms with van der Waals surface area (Å²) in [7, 11) is 1.66. The minimum atomic E-state index is -0.340. The maximum atomic E-state index is 13.4. The summed E-state index contributed by atoms with van der Waals surface area (Å²) in [5.41, 5.74) is 1.84. The number of methoxy groups -OCH3 is 1. The van der Waals surface area contributed by atoms with Crippen LogP contribution in [0.25, 0.3) is 11.0 Å². The average Bonchev–Trinajstić information content (AvgIpc) is 3.17. The molecule has 0 aliphatic carbocycles. The van der Waals surface area contributed by atoms with Crippen LogP contribution in [0.15, 0.2) is 59.0 Å². The van der Waals surface area contributed by atoms with Crippen LogP contribution in [0.3, 0.4) is 0 Å². The summed E-state index contributed by atoms with van der Waals surface area (Å²) in [6.45, 7) is 4.07. The zero-order valence-corrected chi connectivity index (χ0v) is 15.6. The third kappa shape index (κ3) is 3.30. The molecule has 1 fully saturated rings. The zero-order valence-electron chi connectivity index (χ0n) is 15.6. The van der Waals surface area contributed by atoms with Gasteiger partial charge in [-0.2, -0.15) is 0 Å². The van der Waals surface area contributed by atoms with Crippen LogP contribution in [0.4, 0.5) is 0 Å². The molecule has 27 heavy (non-hydrogen) atoms. The lowest BCUT2D eigenvalue weighted by molar-refractivity contribution is -0.136. The minimum Gasteiger partial charge on any atom is -0.496 e. The molecule has 1 aromatic heterocycles. The van der Waals surface area contributed by atoms with Crippen molar-refractivity contribution in [3.8, 4) is 5.75 Å². The summed E-state index contributed by atoms with van der Waals surface area (Å²) >= 11 is 0. The molecule has 5 heteroatoms. The van der Waals surface area contributed by atoms with Crippen LogP contribution in [0.5, 0.6) is 5.75 Å². The van der Waals surface area contributed by atoms with Crippen molar-refractivity contribution in [1.82, 2.24) is 10.2 Å². The summed E-state index contributed by atoms with van der Waals surface area (Å²) in [4.78, 5) is 15.3. The Morgan fingerprint density at radius 2 is 2.00 bits per heavy atom. The number of nitrogens with zero attached hydrogens (tertiary/aromatic N) is 1. The number of carbonyl (C=O) groups excluding carboxylic acids is 1. The molecule has 140 valence electrons. The molecule has 0 radical (unpaired) electrons. The van der Waals surface area contributed by atoms with Crippen LogP contribution in [0.1, 0.15) is 30.2 Å². The third-order valence-electron chi connectivity index (χ3n) is 5.27. The van der Waals surface area contributed by atoms with Crippen molar-refractivity contribution >= 4 is 16.9 Å². The summed E-state index contributed by atoms with van der Waals surface area (Å²) in [5.74, 6) is 1.25. The van der Waals surface area contributed by atoms with E-state index in [9.17, 15) is 4.79 Å². The number of amides is 1. The first kappa shape index (κ1) is 17.6. The number of benzene rings is 2. The second kappa shape index (κ2) is 7.45. The molecule has 2 heterocycles. The molecule has 1 saturated heterocycles. The van der Waals surface area contributed by atoms with Crippen molar-refractivity contribution < 1.29 is 13.9 Å². The van der Waals surface area contributed by atoms with Crippen LogP contribution < -0.4 is 10.1 Å². The van der Waals surface area contributed by atoms with E-state index < -0.39 is 0 Å². The lowest BCUT2D eigenvalue weighted by Gasteiger charge is -2.38. The van der Waals surface area contributed by atoms with Gasteiger partial charge in [0.25, 0.3) is 0 Å². The van der Waals surface area contributed by atoms with Gasteiger partial charge in [-0.05, 0) is 25.1 Å². The first-order chi connectivity index (χ1) is 13.2. The van der Waals surface area contributed by atoms with Gasteiger partial charge in [-0.25, -0.2) is 0 Å². The number of fused-ring (bicyclic) bond motifs is 1. The molecule has 3 aromatic rings. The summed E-state index contributed by atoms with van der Waals surface area (Å²) < 4.78 is 11.5. The molecule has 0 spiro atoms. The van der Waals surface area contributed by atoms with E-state index in [2.05, 4.69) is 5.32 Å². The maximum Gasteiger partial charge on any atom is 0.233 e. The molecule has 4 rings (SSSR count). The van der Waals surface area contributed by atoms with E-state index in [1.54, 1.807) is 7.11 Å².